The molecule has 0 saturated heterocycles. The van der Waals surface area contributed by atoms with E-state index in [0.29, 0.717) is 24.5 Å². The van der Waals surface area contributed by atoms with Gasteiger partial charge in [-0.2, -0.15) is 10.2 Å². The summed E-state index contributed by atoms with van der Waals surface area (Å²) in [5.41, 5.74) is 2.02. The van der Waals surface area contributed by atoms with Crippen molar-refractivity contribution >= 4 is 22.7 Å². The summed E-state index contributed by atoms with van der Waals surface area (Å²) in [4.78, 5) is 12.0. The van der Waals surface area contributed by atoms with Gasteiger partial charge in [0.2, 0.25) is 0 Å². The summed E-state index contributed by atoms with van der Waals surface area (Å²) in [5.74, 6) is 0. The van der Waals surface area contributed by atoms with Gasteiger partial charge in [-0.3, -0.25) is 10.1 Å². The van der Waals surface area contributed by atoms with E-state index in [-0.39, 0.29) is 18.9 Å². The third-order valence-electron chi connectivity index (χ3n) is 3.30. The number of hydrogen-bond acceptors (Lipinski definition) is 7. The van der Waals surface area contributed by atoms with Crippen molar-refractivity contribution in [1.29, 1.82) is 0 Å². The second-order valence-corrected chi connectivity index (χ2v) is 4.92. The summed E-state index contributed by atoms with van der Waals surface area (Å²) in [5, 5.41) is 36.8. The standard InChI is InChI=1S/C16H18N4O4/c21-11-9-19(10-12-22)15-5-1-13(2-6-15)17-18-14-3-7-16(8-4-14)20(23)24/h1-8,21-22H,9-12H2. The van der Waals surface area contributed by atoms with Crippen molar-refractivity contribution in [3.63, 3.8) is 0 Å². The molecule has 2 aromatic rings. The minimum Gasteiger partial charge on any atom is -0.395 e. The second-order valence-electron chi connectivity index (χ2n) is 4.92. The number of aliphatic hydroxyl groups excluding tert-OH is 2. The van der Waals surface area contributed by atoms with Crippen LogP contribution in [0, 0.1) is 10.1 Å². The molecule has 0 bridgehead atoms. The lowest BCUT2D eigenvalue weighted by atomic mass is 10.2. The molecule has 2 rings (SSSR count). The fourth-order valence-corrected chi connectivity index (χ4v) is 2.10. The van der Waals surface area contributed by atoms with Gasteiger partial charge in [0.15, 0.2) is 0 Å². The van der Waals surface area contributed by atoms with E-state index < -0.39 is 4.92 Å². The molecular weight excluding hydrogens is 312 g/mol. The average molecular weight is 330 g/mol. The van der Waals surface area contributed by atoms with Crippen LogP contribution < -0.4 is 4.90 Å². The predicted octanol–water partition coefficient (Wildman–Crippen LogP) is 2.80. The topological polar surface area (TPSA) is 112 Å². The van der Waals surface area contributed by atoms with E-state index in [0.717, 1.165) is 5.69 Å². The number of hydrogen-bond donors (Lipinski definition) is 2. The fourth-order valence-electron chi connectivity index (χ4n) is 2.10. The smallest absolute Gasteiger partial charge is 0.269 e. The van der Waals surface area contributed by atoms with E-state index in [1.807, 2.05) is 17.0 Å². The van der Waals surface area contributed by atoms with Gasteiger partial charge >= 0.3 is 0 Å². The molecule has 0 aliphatic rings. The maximum Gasteiger partial charge on any atom is 0.269 e. The number of azo groups is 1. The first kappa shape index (κ1) is 17.5. The Kier molecular flexibility index (Phi) is 6.35. The molecule has 0 spiro atoms. The van der Waals surface area contributed by atoms with Crippen LogP contribution in [-0.4, -0.2) is 41.4 Å². The van der Waals surface area contributed by atoms with E-state index >= 15 is 0 Å². The zero-order chi connectivity index (χ0) is 17.4. The Morgan fingerprint density at radius 2 is 1.33 bits per heavy atom. The van der Waals surface area contributed by atoms with Gasteiger partial charge in [-0.25, -0.2) is 0 Å². The van der Waals surface area contributed by atoms with Crippen LogP contribution in [0.3, 0.4) is 0 Å². The lowest BCUT2D eigenvalue weighted by Crippen LogP contribution is -2.29. The molecule has 2 N–H and O–H groups in total. The van der Waals surface area contributed by atoms with Crippen molar-refractivity contribution < 1.29 is 15.1 Å². The van der Waals surface area contributed by atoms with Crippen LogP contribution in [0.15, 0.2) is 58.8 Å². The molecule has 0 unspecified atom stereocenters. The van der Waals surface area contributed by atoms with Crippen LogP contribution in [0.5, 0.6) is 0 Å². The average Bonchev–Trinajstić information content (AvgIpc) is 2.60. The highest BCUT2D eigenvalue weighted by Crippen LogP contribution is 2.23. The summed E-state index contributed by atoms with van der Waals surface area (Å²) in [6.45, 7) is 0.873. The van der Waals surface area contributed by atoms with Gasteiger partial charge in [0, 0.05) is 30.9 Å². The number of nitro groups is 1. The van der Waals surface area contributed by atoms with Crippen LogP contribution in [-0.2, 0) is 0 Å². The van der Waals surface area contributed by atoms with E-state index in [9.17, 15) is 10.1 Å². The first-order valence-corrected chi connectivity index (χ1v) is 7.37. The Bertz CT molecular complexity index is 680. The van der Waals surface area contributed by atoms with Crippen molar-refractivity contribution in [1.82, 2.24) is 0 Å². The summed E-state index contributed by atoms with van der Waals surface area (Å²) < 4.78 is 0. The third kappa shape index (κ3) is 4.83. The van der Waals surface area contributed by atoms with E-state index in [2.05, 4.69) is 10.2 Å². The lowest BCUT2D eigenvalue weighted by molar-refractivity contribution is -0.384. The highest BCUT2D eigenvalue weighted by atomic mass is 16.6. The van der Waals surface area contributed by atoms with Gasteiger partial charge in [0.05, 0.1) is 29.5 Å². The molecule has 0 amide bonds. The molecule has 8 nitrogen and oxygen atoms in total. The SMILES string of the molecule is O=[N+]([O-])c1ccc(N=Nc2ccc(N(CCO)CCO)cc2)cc1. The van der Waals surface area contributed by atoms with Gasteiger partial charge < -0.3 is 15.1 Å². The van der Waals surface area contributed by atoms with Crippen LogP contribution in [0.1, 0.15) is 0 Å². The summed E-state index contributed by atoms with van der Waals surface area (Å²) in [7, 11) is 0. The van der Waals surface area contributed by atoms with Gasteiger partial charge in [-0.1, -0.05) is 0 Å². The van der Waals surface area contributed by atoms with Gasteiger partial charge in [0.1, 0.15) is 0 Å². The molecule has 8 heteroatoms. The molecule has 0 heterocycles. The number of nitrogens with zero attached hydrogens (tertiary/aromatic N) is 4. The number of aliphatic hydroxyl groups is 2. The molecule has 0 atom stereocenters. The molecular formula is C16H18N4O4. The van der Waals surface area contributed by atoms with Gasteiger partial charge in [-0.05, 0) is 36.4 Å². The van der Waals surface area contributed by atoms with E-state index in [1.165, 1.54) is 24.3 Å². The highest BCUT2D eigenvalue weighted by Gasteiger charge is 2.05. The predicted molar refractivity (Wildman–Crippen MR) is 90.1 cm³/mol. The summed E-state index contributed by atoms with van der Waals surface area (Å²) in [6, 6.07) is 13.0. The highest BCUT2D eigenvalue weighted by molar-refractivity contribution is 5.53. The quantitative estimate of drug-likeness (QED) is 0.439. The maximum atomic E-state index is 10.6. The largest absolute Gasteiger partial charge is 0.395 e. The Morgan fingerprint density at radius 3 is 1.75 bits per heavy atom. The van der Waals surface area contributed by atoms with Gasteiger partial charge in [0.25, 0.3) is 5.69 Å². The van der Waals surface area contributed by atoms with Crippen LogP contribution >= 0.6 is 0 Å². The third-order valence-corrected chi connectivity index (χ3v) is 3.30. The minimum atomic E-state index is -0.468. The van der Waals surface area contributed by atoms with Crippen LogP contribution in [0.25, 0.3) is 0 Å². The zero-order valence-electron chi connectivity index (χ0n) is 12.9. The Labute approximate surface area is 138 Å². The molecule has 2 aromatic carbocycles. The monoisotopic (exact) mass is 330 g/mol. The van der Waals surface area contributed by atoms with Crippen molar-refractivity contribution in [2.75, 3.05) is 31.2 Å². The molecule has 0 radical (unpaired) electrons. The number of rotatable bonds is 8. The Balaban J connectivity index is 2.06. The number of benzene rings is 2. The lowest BCUT2D eigenvalue weighted by Gasteiger charge is -2.22. The molecule has 0 aromatic heterocycles. The van der Waals surface area contributed by atoms with Crippen molar-refractivity contribution in [3.05, 3.63) is 58.6 Å². The van der Waals surface area contributed by atoms with Crippen molar-refractivity contribution in [3.8, 4) is 0 Å². The molecule has 0 aliphatic heterocycles. The first-order valence-electron chi connectivity index (χ1n) is 7.37. The number of anilines is 1. The van der Waals surface area contributed by atoms with Crippen LogP contribution in [0.4, 0.5) is 22.7 Å². The first-order chi connectivity index (χ1) is 11.6. The summed E-state index contributed by atoms with van der Waals surface area (Å²) in [6.07, 6.45) is 0. The van der Waals surface area contributed by atoms with E-state index in [4.69, 9.17) is 10.2 Å². The van der Waals surface area contributed by atoms with Crippen LogP contribution in [0.2, 0.25) is 0 Å². The molecule has 126 valence electrons. The molecule has 24 heavy (non-hydrogen) atoms. The summed E-state index contributed by atoms with van der Waals surface area (Å²) >= 11 is 0. The van der Waals surface area contributed by atoms with Crippen molar-refractivity contribution in [2.24, 2.45) is 10.2 Å². The minimum absolute atomic E-state index is 0.00159. The Hall–Kier alpha value is -2.84. The maximum absolute atomic E-state index is 10.6. The molecule has 0 aliphatic carbocycles. The normalized spacial score (nSPS) is 10.9. The Morgan fingerprint density at radius 1 is 0.875 bits per heavy atom. The number of nitro benzene ring substituents is 1. The second kappa shape index (κ2) is 8.70. The van der Waals surface area contributed by atoms with Crippen molar-refractivity contribution in [2.45, 2.75) is 0 Å². The zero-order valence-corrected chi connectivity index (χ0v) is 12.9. The molecule has 0 fully saturated rings. The fraction of sp³-hybridized carbons (Fsp3) is 0.250. The molecule has 0 saturated carbocycles. The number of non-ortho nitro benzene ring substituents is 1. The van der Waals surface area contributed by atoms with Gasteiger partial charge in [-0.15, -0.1) is 0 Å². The van der Waals surface area contributed by atoms with E-state index in [1.54, 1.807) is 12.1 Å².